The lowest BCUT2D eigenvalue weighted by atomic mass is 10.2. The van der Waals surface area contributed by atoms with Crippen LogP contribution in [0.3, 0.4) is 0 Å². The highest BCUT2D eigenvalue weighted by atomic mass is 16.1. The summed E-state index contributed by atoms with van der Waals surface area (Å²) in [7, 11) is 0. The Morgan fingerprint density at radius 2 is 1.08 bits per heavy atom. The van der Waals surface area contributed by atoms with Crippen LogP contribution in [0.2, 0.25) is 0 Å². The van der Waals surface area contributed by atoms with Gasteiger partial charge in [-0.2, -0.15) is 0 Å². The van der Waals surface area contributed by atoms with Crippen molar-refractivity contribution in [1.29, 1.82) is 0 Å². The van der Waals surface area contributed by atoms with E-state index in [1.807, 2.05) is 0 Å². The van der Waals surface area contributed by atoms with Crippen LogP contribution in [0.25, 0.3) is 0 Å². The van der Waals surface area contributed by atoms with Gasteiger partial charge in [-0.3, -0.25) is 4.79 Å². The van der Waals surface area contributed by atoms with E-state index in [1.54, 1.807) is 6.92 Å². The Morgan fingerprint density at radius 1 is 0.692 bits per heavy atom. The van der Waals surface area contributed by atoms with Gasteiger partial charge in [0.15, 0.2) is 0 Å². The Balaban J connectivity index is 3.98. The van der Waals surface area contributed by atoms with Crippen LogP contribution in [-0.2, 0) is 4.79 Å². The number of rotatable bonds is 20. The van der Waals surface area contributed by atoms with Gasteiger partial charge in [0.1, 0.15) is 5.78 Å². The second-order valence-electron chi connectivity index (χ2n) is 7.05. The van der Waals surface area contributed by atoms with Crippen LogP contribution in [0.15, 0.2) is 0 Å². The molecule has 7 heteroatoms. The lowest BCUT2D eigenvalue weighted by Crippen LogP contribution is -2.33. The molecule has 156 valence electrons. The average Bonchev–Trinajstić information content (AvgIpc) is 2.63. The first-order chi connectivity index (χ1) is 12.6. The number of hydrogen-bond donors (Lipinski definition) is 4. The molecule has 0 atom stereocenters. The molecular formula is C19H44N6O. The fourth-order valence-electron chi connectivity index (χ4n) is 2.98. The molecule has 0 spiro atoms. The van der Waals surface area contributed by atoms with Gasteiger partial charge in [-0.1, -0.05) is 0 Å². The Morgan fingerprint density at radius 3 is 1.46 bits per heavy atom. The normalized spacial score (nSPS) is 11.6. The van der Waals surface area contributed by atoms with Crippen LogP contribution in [-0.4, -0.2) is 87.6 Å². The molecule has 7 nitrogen and oxygen atoms in total. The molecule has 7 N–H and O–H groups in total. The fourth-order valence-corrected chi connectivity index (χ4v) is 2.98. The van der Waals surface area contributed by atoms with Crippen LogP contribution in [0.4, 0.5) is 0 Å². The van der Waals surface area contributed by atoms with Crippen LogP contribution < -0.4 is 22.5 Å². The maximum atomic E-state index is 10.9. The Bertz CT molecular complexity index is 308. The van der Waals surface area contributed by atoms with Crippen LogP contribution in [0.5, 0.6) is 0 Å². The molecule has 0 aromatic heterocycles. The van der Waals surface area contributed by atoms with Gasteiger partial charge in [-0.05, 0) is 111 Å². The number of nitrogens with one attached hydrogen (secondary N) is 1. The Hall–Kier alpha value is -0.570. The third kappa shape index (κ3) is 16.9. The summed E-state index contributed by atoms with van der Waals surface area (Å²) in [4.78, 5) is 15.9. The summed E-state index contributed by atoms with van der Waals surface area (Å²) in [5, 5.41) is 3.19. The van der Waals surface area contributed by atoms with E-state index in [-0.39, 0.29) is 5.78 Å². The molecule has 0 bridgehead atoms. The number of nitrogens with two attached hydrogens (primary N) is 3. The number of hydrogen-bond acceptors (Lipinski definition) is 7. The van der Waals surface area contributed by atoms with Crippen molar-refractivity contribution in [3.63, 3.8) is 0 Å². The lowest BCUT2D eigenvalue weighted by Gasteiger charge is -2.24. The minimum absolute atomic E-state index is 0.193. The molecule has 26 heavy (non-hydrogen) atoms. The highest BCUT2D eigenvalue weighted by molar-refractivity contribution is 5.77. The van der Waals surface area contributed by atoms with Crippen LogP contribution in [0, 0.1) is 0 Å². The summed E-state index contributed by atoms with van der Waals surface area (Å²) in [6.07, 6.45) is 6.63. The number of unbranched alkanes of at least 4 members (excludes halogenated alkanes) is 1. The lowest BCUT2D eigenvalue weighted by molar-refractivity contribution is -0.116. The minimum atomic E-state index is 0.193. The van der Waals surface area contributed by atoms with Crippen molar-refractivity contribution in [2.24, 2.45) is 17.2 Å². The molecule has 0 amide bonds. The average molecular weight is 373 g/mol. The zero-order valence-corrected chi connectivity index (χ0v) is 17.1. The van der Waals surface area contributed by atoms with E-state index >= 15 is 0 Å². The van der Waals surface area contributed by atoms with E-state index in [0.29, 0.717) is 6.54 Å². The molecule has 0 saturated heterocycles. The summed E-state index contributed by atoms with van der Waals surface area (Å²) >= 11 is 0. The maximum absolute atomic E-state index is 10.9. The monoisotopic (exact) mass is 372 g/mol. The van der Waals surface area contributed by atoms with E-state index in [2.05, 4.69) is 15.1 Å². The molecule has 0 aromatic rings. The largest absolute Gasteiger partial charge is 0.330 e. The van der Waals surface area contributed by atoms with Gasteiger partial charge >= 0.3 is 0 Å². The summed E-state index contributed by atoms with van der Waals surface area (Å²) in [6.45, 7) is 11.8. The van der Waals surface area contributed by atoms with E-state index in [1.165, 1.54) is 12.8 Å². The zero-order valence-electron chi connectivity index (χ0n) is 17.1. The second kappa shape index (κ2) is 19.2. The van der Waals surface area contributed by atoms with Crippen LogP contribution >= 0.6 is 0 Å². The Kier molecular flexibility index (Phi) is 18.8. The molecule has 0 aliphatic carbocycles. The highest BCUT2D eigenvalue weighted by Crippen LogP contribution is 2.02. The standard InChI is InChI=1S/C19H44N6O/c1-19(26)18-23-11-7-17-25(16-6-10-22)13-3-2-12-24(14-4-8-20)15-5-9-21/h23H,2-18,20-22H2,1H3. The van der Waals surface area contributed by atoms with Crippen molar-refractivity contribution in [2.45, 2.75) is 45.4 Å². The fraction of sp³-hybridized carbons (Fsp3) is 0.947. The van der Waals surface area contributed by atoms with Gasteiger partial charge in [-0.15, -0.1) is 0 Å². The van der Waals surface area contributed by atoms with Crippen molar-refractivity contribution in [1.82, 2.24) is 15.1 Å². The first kappa shape index (κ1) is 25.4. The summed E-state index contributed by atoms with van der Waals surface area (Å²) in [5.74, 6) is 0.193. The SMILES string of the molecule is CC(=O)CNCCCN(CCCN)CCCCN(CCCN)CCCN. The molecule has 0 aliphatic heterocycles. The number of carbonyl (C=O) groups is 1. The number of Topliss-reactive ketones (excluding diaryl/α,β-unsaturated/α-hetero) is 1. The zero-order chi connectivity index (χ0) is 19.5. The van der Waals surface area contributed by atoms with Crippen molar-refractivity contribution in [3.05, 3.63) is 0 Å². The van der Waals surface area contributed by atoms with Crippen molar-refractivity contribution in [2.75, 3.05) is 72.0 Å². The van der Waals surface area contributed by atoms with Gasteiger partial charge < -0.3 is 32.3 Å². The molecule has 0 saturated carbocycles. The van der Waals surface area contributed by atoms with Crippen molar-refractivity contribution >= 4 is 5.78 Å². The van der Waals surface area contributed by atoms with Gasteiger partial charge in [0.2, 0.25) is 0 Å². The molecule has 0 aromatic carbocycles. The smallest absolute Gasteiger partial charge is 0.143 e. The van der Waals surface area contributed by atoms with Crippen molar-refractivity contribution < 1.29 is 4.79 Å². The van der Waals surface area contributed by atoms with Crippen LogP contribution in [0.1, 0.15) is 45.4 Å². The third-order valence-electron chi connectivity index (χ3n) is 4.44. The van der Waals surface area contributed by atoms with E-state index in [4.69, 9.17) is 17.2 Å². The molecular weight excluding hydrogens is 328 g/mol. The molecule has 0 fully saturated rings. The highest BCUT2D eigenvalue weighted by Gasteiger charge is 2.07. The predicted molar refractivity (Wildman–Crippen MR) is 111 cm³/mol. The first-order valence-electron chi connectivity index (χ1n) is 10.4. The minimum Gasteiger partial charge on any atom is -0.330 e. The number of carbonyl (C=O) groups excluding carboxylic acids is 1. The number of nitrogens with zero attached hydrogens (tertiary/aromatic N) is 2. The summed E-state index contributed by atoms with van der Waals surface area (Å²) in [6, 6.07) is 0. The molecule has 0 unspecified atom stereocenters. The molecule has 0 aliphatic rings. The van der Waals surface area contributed by atoms with E-state index in [9.17, 15) is 4.79 Å². The maximum Gasteiger partial charge on any atom is 0.143 e. The predicted octanol–water partition coefficient (Wildman–Crippen LogP) is -0.0143. The van der Waals surface area contributed by atoms with Gasteiger partial charge in [0.25, 0.3) is 0 Å². The van der Waals surface area contributed by atoms with Gasteiger partial charge in [0.05, 0.1) is 6.54 Å². The topological polar surface area (TPSA) is 114 Å². The molecule has 0 rings (SSSR count). The Labute approximate surface area is 161 Å². The molecule has 0 heterocycles. The summed E-state index contributed by atoms with van der Waals surface area (Å²) in [5.41, 5.74) is 16.9. The van der Waals surface area contributed by atoms with Gasteiger partial charge in [-0.25, -0.2) is 0 Å². The second-order valence-corrected chi connectivity index (χ2v) is 7.05. The number of ketones is 1. The van der Waals surface area contributed by atoms with Gasteiger partial charge in [0, 0.05) is 0 Å². The van der Waals surface area contributed by atoms with Crippen molar-refractivity contribution in [3.8, 4) is 0 Å². The third-order valence-corrected chi connectivity index (χ3v) is 4.44. The molecule has 0 radical (unpaired) electrons. The van der Waals surface area contributed by atoms with E-state index in [0.717, 1.165) is 91.1 Å². The van der Waals surface area contributed by atoms with E-state index < -0.39 is 0 Å². The quantitative estimate of drug-likeness (QED) is 0.222. The first-order valence-corrected chi connectivity index (χ1v) is 10.4. The summed E-state index contributed by atoms with van der Waals surface area (Å²) < 4.78 is 0.